The quantitative estimate of drug-likeness (QED) is 0.325. The van der Waals surface area contributed by atoms with E-state index in [4.69, 9.17) is 4.74 Å². The zero-order valence-corrected chi connectivity index (χ0v) is 18.1. The molecule has 168 valence electrons. The molecule has 0 spiro atoms. The standard InChI is InChI=1S/C26H23FN2O4/c1-2-14-33-21-11-7-18(8-12-21)23-22(24(30)19-5-9-20(27)10-6-19)25(31)26(32)29(23)16-17-4-3-13-28-15-17/h3-13,15,23,30H,2,14,16H2,1H3/t23-/m1/s1. The Morgan fingerprint density at radius 2 is 1.82 bits per heavy atom. The molecule has 2 aromatic carbocycles. The minimum Gasteiger partial charge on any atom is -0.507 e. The number of pyridine rings is 1. The summed E-state index contributed by atoms with van der Waals surface area (Å²) < 4.78 is 19.0. The summed E-state index contributed by atoms with van der Waals surface area (Å²) in [6.07, 6.45) is 4.11. The van der Waals surface area contributed by atoms with Crippen LogP contribution >= 0.6 is 0 Å². The van der Waals surface area contributed by atoms with Crippen LogP contribution in [0.15, 0.2) is 78.6 Å². The Morgan fingerprint density at radius 3 is 2.45 bits per heavy atom. The lowest BCUT2D eigenvalue weighted by Crippen LogP contribution is -2.29. The number of rotatable bonds is 7. The Bertz CT molecular complexity index is 1180. The van der Waals surface area contributed by atoms with Crippen LogP contribution in [-0.4, -0.2) is 33.3 Å². The number of carbonyl (C=O) groups excluding carboxylic acids is 2. The second kappa shape index (κ2) is 9.65. The molecule has 0 saturated carbocycles. The van der Waals surface area contributed by atoms with E-state index in [1.165, 1.54) is 29.2 Å². The molecule has 0 unspecified atom stereocenters. The van der Waals surface area contributed by atoms with E-state index in [-0.39, 0.29) is 23.4 Å². The predicted octanol–water partition coefficient (Wildman–Crippen LogP) is 4.63. The van der Waals surface area contributed by atoms with Crippen molar-refractivity contribution in [3.05, 3.63) is 101 Å². The van der Waals surface area contributed by atoms with Gasteiger partial charge in [0, 0.05) is 24.5 Å². The van der Waals surface area contributed by atoms with Crippen molar-refractivity contribution in [2.24, 2.45) is 0 Å². The van der Waals surface area contributed by atoms with Crippen molar-refractivity contribution >= 4 is 17.4 Å². The Kier molecular flexibility index (Phi) is 6.49. The molecule has 1 aliphatic rings. The molecule has 2 heterocycles. The van der Waals surface area contributed by atoms with Crippen molar-refractivity contribution < 1.29 is 23.8 Å². The average Bonchev–Trinajstić information content (AvgIpc) is 3.08. The normalized spacial score (nSPS) is 17.4. The summed E-state index contributed by atoms with van der Waals surface area (Å²) in [6.45, 7) is 2.72. The lowest BCUT2D eigenvalue weighted by atomic mass is 9.95. The number of hydrogen-bond acceptors (Lipinski definition) is 5. The number of hydrogen-bond donors (Lipinski definition) is 1. The molecule has 1 aliphatic heterocycles. The fraction of sp³-hybridized carbons (Fsp3) is 0.192. The van der Waals surface area contributed by atoms with Gasteiger partial charge in [0.15, 0.2) is 0 Å². The summed E-state index contributed by atoms with van der Waals surface area (Å²) in [4.78, 5) is 31.6. The highest BCUT2D eigenvalue weighted by Crippen LogP contribution is 2.40. The van der Waals surface area contributed by atoms with Crippen molar-refractivity contribution in [3.63, 3.8) is 0 Å². The summed E-state index contributed by atoms with van der Waals surface area (Å²) in [5.74, 6) is -1.67. The summed E-state index contributed by atoms with van der Waals surface area (Å²) >= 11 is 0. The van der Waals surface area contributed by atoms with Gasteiger partial charge in [0.25, 0.3) is 11.7 Å². The fourth-order valence-electron chi connectivity index (χ4n) is 3.81. The van der Waals surface area contributed by atoms with Gasteiger partial charge in [0.05, 0.1) is 18.2 Å². The fourth-order valence-corrected chi connectivity index (χ4v) is 3.81. The number of carbonyl (C=O) groups is 2. The lowest BCUT2D eigenvalue weighted by Gasteiger charge is -2.25. The van der Waals surface area contributed by atoms with E-state index in [0.29, 0.717) is 17.9 Å². The minimum absolute atomic E-state index is 0.0438. The van der Waals surface area contributed by atoms with Crippen LogP contribution in [0.4, 0.5) is 4.39 Å². The van der Waals surface area contributed by atoms with E-state index in [9.17, 15) is 19.1 Å². The number of likely N-dealkylation sites (tertiary alicyclic amines) is 1. The molecule has 1 aromatic heterocycles. The first-order valence-corrected chi connectivity index (χ1v) is 10.7. The van der Waals surface area contributed by atoms with Gasteiger partial charge in [-0.2, -0.15) is 0 Å². The summed E-state index contributed by atoms with van der Waals surface area (Å²) in [5, 5.41) is 11.0. The van der Waals surface area contributed by atoms with Crippen LogP contribution in [0.5, 0.6) is 5.75 Å². The van der Waals surface area contributed by atoms with E-state index in [1.54, 1.807) is 42.7 Å². The first kappa shape index (κ1) is 22.2. The van der Waals surface area contributed by atoms with Gasteiger partial charge in [-0.05, 0) is 60.0 Å². The smallest absolute Gasteiger partial charge is 0.295 e. The molecule has 7 heteroatoms. The Labute approximate surface area is 191 Å². The van der Waals surface area contributed by atoms with Crippen molar-refractivity contribution in [2.45, 2.75) is 25.9 Å². The highest BCUT2D eigenvalue weighted by molar-refractivity contribution is 6.46. The molecule has 1 amide bonds. The van der Waals surface area contributed by atoms with Gasteiger partial charge >= 0.3 is 0 Å². The maximum atomic E-state index is 13.4. The second-order valence-corrected chi connectivity index (χ2v) is 7.71. The molecular formula is C26H23FN2O4. The minimum atomic E-state index is -0.824. The van der Waals surface area contributed by atoms with E-state index < -0.39 is 23.5 Å². The average molecular weight is 446 g/mol. The number of ether oxygens (including phenoxy) is 1. The maximum absolute atomic E-state index is 13.4. The molecule has 3 aromatic rings. The van der Waals surface area contributed by atoms with E-state index >= 15 is 0 Å². The van der Waals surface area contributed by atoms with E-state index in [2.05, 4.69) is 4.98 Å². The van der Waals surface area contributed by atoms with Crippen molar-refractivity contribution in [1.82, 2.24) is 9.88 Å². The van der Waals surface area contributed by atoms with Crippen LogP contribution < -0.4 is 4.74 Å². The van der Waals surface area contributed by atoms with E-state index in [0.717, 1.165) is 12.0 Å². The number of benzene rings is 2. The summed E-state index contributed by atoms with van der Waals surface area (Å²) in [7, 11) is 0. The second-order valence-electron chi connectivity index (χ2n) is 7.71. The third-order valence-corrected chi connectivity index (χ3v) is 5.40. The van der Waals surface area contributed by atoms with Gasteiger partial charge in [-0.15, -0.1) is 0 Å². The molecular weight excluding hydrogens is 423 g/mol. The summed E-state index contributed by atoms with van der Waals surface area (Å²) in [6, 6.07) is 15.0. The Hall–Kier alpha value is -4.00. The third-order valence-electron chi connectivity index (χ3n) is 5.40. The number of aliphatic hydroxyl groups is 1. The first-order valence-electron chi connectivity index (χ1n) is 10.7. The molecule has 6 nitrogen and oxygen atoms in total. The van der Waals surface area contributed by atoms with Gasteiger partial charge in [-0.3, -0.25) is 14.6 Å². The number of ketones is 1. The number of aromatic nitrogens is 1. The Balaban J connectivity index is 1.80. The highest BCUT2D eigenvalue weighted by Gasteiger charge is 2.46. The van der Waals surface area contributed by atoms with Crippen LogP contribution in [0.3, 0.4) is 0 Å². The molecule has 0 radical (unpaired) electrons. The monoisotopic (exact) mass is 446 g/mol. The summed E-state index contributed by atoms with van der Waals surface area (Å²) in [5.41, 5.74) is 1.60. The van der Waals surface area contributed by atoms with Crippen LogP contribution in [0.1, 0.15) is 36.1 Å². The Morgan fingerprint density at radius 1 is 1.09 bits per heavy atom. The molecule has 33 heavy (non-hydrogen) atoms. The molecule has 1 N–H and O–H groups in total. The largest absolute Gasteiger partial charge is 0.507 e. The van der Waals surface area contributed by atoms with Crippen LogP contribution in [-0.2, 0) is 16.1 Å². The van der Waals surface area contributed by atoms with Crippen LogP contribution in [0.2, 0.25) is 0 Å². The lowest BCUT2D eigenvalue weighted by molar-refractivity contribution is -0.140. The highest BCUT2D eigenvalue weighted by atomic mass is 19.1. The van der Waals surface area contributed by atoms with Gasteiger partial charge in [-0.25, -0.2) is 4.39 Å². The van der Waals surface area contributed by atoms with Crippen molar-refractivity contribution in [1.29, 1.82) is 0 Å². The first-order chi connectivity index (χ1) is 16.0. The van der Waals surface area contributed by atoms with Gasteiger partial charge in [0.2, 0.25) is 0 Å². The van der Waals surface area contributed by atoms with Crippen molar-refractivity contribution in [3.8, 4) is 5.75 Å². The van der Waals surface area contributed by atoms with Gasteiger partial charge < -0.3 is 14.7 Å². The predicted molar refractivity (Wildman–Crippen MR) is 121 cm³/mol. The van der Waals surface area contributed by atoms with Crippen LogP contribution in [0, 0.1) is 5.82 Å². The van der Waals surface area contributed by atoms with Gasteiger partial charge in [-0.1, -0.05) is 25.1 Å². The number of amides is 1. The number of nitrogens with zero attached hydrogens (tertiary/aromatic N) is 2. The van der Waals surface area contributed by atoms with Crippen LogP contribution in [0.25, 0.3) is 5.76 Å². The molecule has 0 aliphatic carbocycles. The maximum Gasteiger partial charge on any atom is 0.295 e. The van der Waals surface area contributed by atoms with Gasteiger partial charge in [0.1, 0.15) is 17.3 Å². The zero-order chi connectivity index (χ0) is 23.4. The van der Waals surface area contributed by atoms with E-state index in [1.807, 2.05) is 13.0 Å². The van der Waals surface area contributed by atoms with Crippen molar-refractivity contribution in [2.75, 3.05) is 6.61 Å². The molecule has 1 fully saturated rings. The molecule has 1 saturated heterocycles. The number of halogens is 1. The SMILES string of the molecule is CCCOc1ccc([C@@H]2C(=C(O)c3ccc(F)cc3)C(=O)C(=O)N2Cc2cccnc2)cc1. The number of Topliss-reactive ketones (excluding diaryl/α,β-unsaturated/α-hetero) is 1. The zero-order valence-electron chi connectivity index (χ0n) is 18.1. The molecule has 0 bridgehead atoms. The third kappa shape index (κ3) is 4.62. The number of aliphatic hydroxyl groups excluding tert-OH is 1. The molecule has 4 rings (SSSR count). The topological polar surface area (TPSA) is 79.7 Å². The molecule has 1 atom stereocenters.